The van der Waals surface area contributed by atoms with Crippen molar-refractivity contribution in [3.63, 3.8) is 0 Å². The van der Waals surface area contributed by atoms with Gasteiger partial charge in [0.1, 0.15) is 0 Å². The fraction of sp³-hybridized carbons (Fsp3) is 0.833. The van der Waals surface area contributed by atoms with Gasteiger partial charge in [0.05, 0.1) is 6.54 Å². The average molecular weight is 239 g/mol. The zero-order chi connectivity index (χ0) is 12.3. The van der Waals surface area contributed by atoms with Gasteiger partial charge in [-0.3, -0.25) is 9.59 Å². The Labute approximate surface area is 102 Å². The fourth-order valence-corrected chi connectivity index (χ4v) is 2.58. The van der Waals surface area contributed by atoms with Gasteiger partial charge in [-0.15, -0.1) is 0 Å². The summed E-state index contributed by atoms with van der Waals surface area (Å²) in [5, 5.41) is 2.78. The van der Waals surface area contributed by atoms with E-state index in [0.717, 1.165) is 19.3 Å². The molecule has 96 valence electrons. The Bertz CT molecular complexity index is 307. The Morgan fingerprint density at radius 3 is 2.76 bits per heavy atom. The third-order valence-corrected chi connectivity index (χ3v) is 3.99. The number of hydrogen-bond donors (Lipinski definition) is 2. The maximum atomic E-state index is 12.2. The molecule has 5 nitrogen and oxygen atoms in total. The van der Waals surface area contributed by atoms with Crippen molar-refractivity contribution >= 4 is 11.8 Å². The third-order valence-electron chi connectivity index (χ3n) is 3.99. The molecule has 2 amide bonds. The average Bonchev–Trinajstić information content (AvgIpc) is 2.48. The Hall–Kier alpha value is -1.10. The van der Waals surface area contributed by atoms with Crippen molar-refractivity contribution in [3.8, 4) is 0 Å². The number of amides is 2. The number of nitrogens with zero attached hydrogens (tertiary/aromatic N) is 1. The number of nitrogens with one attached hydrogen (secondary N) is 1. The molecule has 5 heteroatoms. The van der Waals surface area contributed by atoms with E-state index in [0.29, 0.717) is 26.1 Å². The predicted octanol–water partition coefficient (Wildman–Crippen LogP) is -0.146. The van der Waals surface area contributed by atoms with Crippen molar-refractivity contribution in [2.75, 3.05) is 26.2 Å². The maximum Gasteiger partial charge on any atom is 0.239 e. The molecule has 1 saturated carbocycles. The normalized spacial score (nSPS) is 23.6. The van der Waals surface area contributed by atoms with Gasteiger partial charge in [-0.1, -0.05) is 6.42 Å². The first-order chi connectivity index (χ1) is 8.15. The molecule has 3 N–H and O–H groups in total. The van der Waals surface area contributed by atoms with E-state index in [4.69, 9.17) is 5.73 Å². The molecular weight excluding hydrogens is 218 g/mol. The van der Waals surface area contributed by atoms with Gasteiger partial charge in [0.15, 0.2) is 0 Å². The van der Waals surface area contributed by atoms with Crippen molar-refractivity contribution in [3.05, 3.63) is 0 Å². The molecule has 1 heterocycles. The second kappa shape index (κ2) is 5.04. The van der Waals surface area contributed by atoms with Gasteiger partial charge < -0.3 is 16.0 Å². The highest BCUT2D eigenvalue weighted by Gasteiger charge is 2.38. The topological polar surface area (TPSA) is 75.4 Å². The van der Waals surface area contributed by atoms with E-state index in [2.05, 4.69) is 5.32 Å². The molecule has 0 unspecified atom stereocenters. The molecule has 0 spiro atoms. The highest BCUT2D eigenvalue weighted by Crippen LogP contribution is 2.43. The van der Waals surface area contributed by atoms with E-state index in [1.165, 1.54) is 6.42 Å². The molecule has 0 aromatic carbocycles. The van der Waals surface area contributed by atoms with Crippen LogP contribution in [0.5, 0.6) is 0 Å². The fourth-order valence-electron chi connectivity index (χ4n) is 2.58. The van der Waals surface area contributed by atoms with Gasteiger partial charge >= 0.3 is 0 Å². The van der Waals surface area contributed by atoms with Crippen LogP contribution in [0.4, 0.5) is 0 Å². The Morgan fingerprint density at radius 2 is 2.18 bits per heavy atom. The van der Waals surface area contributed by atoms with E-state index in [-0.39, 0.29) is 23.8 Å². The van der Waals surface area contributed by atoms with Crippen molar-refractivity contribution in [2.24, 2.45) is 11.1 Å². The lowest BCUT2D eigenvalue weighted by molar-refractivity contribution is -0.138. The van der Waals surface area contributed by atoms with Crippen LogP contribution in [0.2, 0.25) is 0 Å². The lowest BCUT2D eigenvalue weighted by atomic mass is 9.66. The summed E-state index contributed by atoms with van der Waals surface area (Å²) in [6.45, 7) is 2.14. The summed E-state index contributed by atoms with van der Waals surface area (Å²) >= 11 is 0. The van der Waals surface area contributed by atoms with E-state index < -0.39 is 0 Å². The molecule has 1 saturated heterocycles. The molecule has 2 rings (SSSR count). The first kappa shape index (κ1) is 12.4. The molecule has 0 radical (unpaired) electrons. The molecule has 0 bridgehead atoms. The van der Waals surface area contributed by atoms with Crippen molar-refractivity contribution in [1.29, 1.82) is 0 Å². The van der Waals surface area contributed by atoms with Gasteiger partial charge in [-0.25, -0.2) is 0 Å². The van der Waals surface area contributed by atoms with Crippen LogP contribution in [0.25, 0.3) is 0 Å². The first-order valence-electron chi connectivity index (χ1n) is 6.40. The molecule has 1 aliphatic carbocycles. The summed E-state index contributed by atoms with van der Waals surface area (Å²) in [6.07, 6.45) is 4.62. The second-order valence-electron chi connectivity index (χ2n) is 5.25. The lowest BCUT2D eigenvalue weighted by Crippen LogP contribution is -2.44. The van der Waals surface area contributed by atoms with Crippen LogP contribution in [0.15, 0.2) is 0 Å². The first-order valence-corrected chi connectivity index (χ1v) is 6.40. The van der Waals surface area contributed by atoms with E-state index in [1.54, 1.807) is 4.90 Å². The Balaban J connectivity index is 1.92. The quantitative estimate of drug-likeness (QED) is 0.719. The zero-order valence-electron chi connectivity index (χ0n) is 10.2. The zero-order valence-corrected chi connectivity index (χ0v) is 10.2. The summed E-state index contributed by atoms with van der Waals surface area (Å²) in [4.78, 5) is 25.2. The van der Waals surface area contributed by atoms with Crippen molar-refractivity contribution in [1.82, 2.24) is 10.2 Å². The molecule has 2 aliphatic rings. The Kier molecular flexibility index (Phi) is 3.66. The van der Waals surface area contributed by atoms with E-state index in [9.17, 15) is 9.59 Å². The molecule has 2 fully saturated rings. The number of carbonyl (C=O) groups excluding carboxylic acids is 2. The van der Waals surface area contributed by atoms with Gasteiger partial charge in [0.2, 0.25) is 11.8 Å². The number of nitrogens with two attached hydrogens (primary N) is 1. The van der Waals surface area contributed by atoms with E-state index >= 15 is 0 Å². The Morgan fingerprint density at radius 1 is 1.41 bits per heavy atom. The van der Waals surface area contributed by atoms with Crippen molar-refractivity contribution < 1.29 is 9.59 Å². The van der Waals surface area contributed by atoms with Crippen molar-refractivity contribution in [2.45, 2.75) is 32.1 Å². The van der Waals surface area contributed by atoms with Crippen LogP contribution in [0.3, 0.4) is 0 Å². The molecule has 0 aromatic heterocycles. The monoisotopic (exact) mass is 239 g/mol. The minimum atomic E-state index is -0.0498. The molecular formula is C12H21N3O2. The minimum Gasteiger partial charge on any atom is -0.354 e. The third kappa shape index (κ3) is 2.77. The smallest absolute Gasteiger partial charge is 0.239 e. The highest BCUT2D eigenvalue weighted by atomic mass is 16.2. The predicted molar refractivity (Wildman–Crippen MR) is 64.2 cm³/mol. The SMILES string of the molecule is NCC1(CC(=O)N2CCCNC(=O)C2)CCC1. The standard InChI is InChI=1S/C12H21N3O2/c13-9-12(3-1-4-12)7-11(17)15-6-2-5-14-10(16)8-15/h1-9,13H2,(H,14,16). The van der Waals surface area contributed by atoms with Crippen LogP contribution >= 0.6 is 0 Å². The van der Waals surface area contributed by atoms with Gasteiger partial charge in [0.25, 0.3) is 0 Å². The summed E-state index contributed by atoms with van der Waals surface area (Å²) in [6, 6.07) is 0. The molecule has 0 atom stereocenters. The minimum absolute atomic E-state index is 0.0276. The van der Waals surface area contributed by atoms with Gasteiger partial charge in [-0.05, 0) is 31.2 Å². The van der Waals surface area contributed by atoms with Crippen LogP contribution in [0, 0.1) is 5.41 Å². The van der Waals surface area contributed by atoms with Crippen LogP contribution < -0.4 is 11.1 Å². The highest BCUT2D eigenvalue weighted by molar-refractivity contribution is 5.85. The maximum absolute atomic E-state index is 12.2. The molecule has 1 aliphatic heterocycles. The summed E-state index contributed by atoms with van der Waals surface area (Å²) in [5.41, 5.74) is 5.78. The number of hydrogen-bond acceptors (Lipinski definition) is 3. The summed E-state index contributed by atoms with van der Waals surface area (Å²) in [5.74, 6) is 0.0402. The van der Waals surface area contributed by atoms with Gasteiger partial charge in [-0.2, -0.15) is 0 Å². The van der Waals surface area contributed by atoms with E-state index in [1.807, 2.05) is 0 Å². The molecule has 17 heavy (non-hydrogen) atoms. The largest absolute Gasteiger partial charge is 0.354 e. The number of carbonyl (C=O) groups is 2. The second-order valence-corrected chi connectivity index (χ2v) is 5.25. The molecule has 0 aromatic rings. The van der Waals surface area contributed by atoms with Crippen LogP contribution in [0.1, 0.15) is 32.1 Å². The summed E-state index contributed by atoms with van der Waals surface area (Å²) < 4.78 is 0. The number of rotatable bonds is 3. The lowest BCUT2D eigenvalue weighted by Gasteiger charge is -2.41. The van der Waals surface area contributed by atoms with Gasteiger partial charge in [0, 0.05) is 19.5 Å². The summed E-state index contributed by atoms with van der Waals surface area (Å²) in [7, 11) is 0. The van der Waals surface area contributed by atoms with Crippen LogP contribution in [-0.2, 0) is 9.59 Å². The van der Waals surface area contributed by atoms with Crippen LogP contribution in [-0.4, -0.2) is 42.9 Å².